The highest BCUT2D eigenvalue weighted by molar-refractivity contribution is 6.33. The largest absolute Gasteiger partial charge is 0.367 e. The fourth-order valence-electron chi connectivity index (χ4n) is 2.13. The minimum absolute atomic E-state index is 0.276. The van der Waals surface area contributed by atoms with Crippen molar-refractivity contribution in [1.82, 2.24) is 0 Å². The Balaban J connectivity index is 1.61. The maximum atomic E-state index is 11.9. The van der Waals surface area contributed by atoms with Crippen LogP contribution in [0.4, 0.5) is 0 Å². The average Bonchev–Trinajstić information content (AvgIpc) is 2.68. The SMILES string of the molecule is O=C(O/N=C/c1ccc(C#Cc2ccccc2)cc1)c1ccccc1Cl. The minimum Gasteiger partial charge on any atom is -0.313 e. The van der Waals surface area contributed by atoms with E-state index in [0.29, 0.717) is 5.02 Å². The Morgan fingerprint density at radius 2 is 1.46 bits per heavy atom. The van der Waals surface area contributed by atoms with Crippen molar-refractivity contribution in [3.63, 3.8) is 0 Å². The third kappa shape index (κ3) is 4.83. The molecule has 0 aliphatic carbocycles. The normalized spacial score (nSPS) is 10.2. The van der Waals surface area contributed by atoms with Gasteiger partial charge >= 0.3 is 5.97 Å². The highest BCUT2D eigenvalue weighted by atomic mass is 35.5. The van der Waals surface area contributed by atoms with Gasteiger partial charge < -0.3 is 4.84 Å². The van der Waals surface area contributed by atoms with E-state index in [1.54, 1.807) is 24.3 Å². The number of halogens is 1. The average molecular weight is 360 g/mol. The van der Waals surface area contributed by atoms with E-state index in [0.717, 1.165) is 16.7 Å². The van der Waals surface area contributed by atoms with Gasteiger partial charge in [0, 0.05) is 11.1 Å². The van der Waals surface area contributed by atoms with Crippen LogP contribution in [0.15, 0.2) is 84.0 Å². The van der Waals surface area contributed by atoms with E-state index in [2.05, 4.69) is 17.0 Å². The van der Waals surface area contributed by atoms with Crippen LogP contribution in [0, 0.1) is 11.8 Å². The zero-order valence-corrected chi connectivity index (χ0v) is 14.5. The first-order valence-electron chi connectivity index (χ1n) is 7.89. The molecule has 0 aliphatic rings. The lowest BCUT2D eigenvalue weighted by Crippen LogP contribution is -2.01. The van der Waals surface area contributed by atoms with E-state index in [1.165, 1.54) is 6.21 Å². The van der Waals surface area contributed by atoms with Gasteiger partial charge in [-0.3, -0.25) is 0 Å². The number of hydrogen-bond donors (Lipinski definition) is 0. The monoisotopic (exact) mass is 359 g/mol. The van der Waals surface area contributed by atoms with Gasteiger partial charge in [0.05, 0.1) is 16.8 Å². The third-order valence-electron chi connectivity index (χ3n) is 3.47. The molecular formula is C22H14ClNO2. The van der Waals surface area contributed by atoms with E-state index in [-0.39, 0.29) is 5.56 Å². The van der Waals surface area contributed by atoms with Gasteiger partial charge in [-0.2, -0.15) is 0 Å². The summed E-state index contributed by atoms with van der Waals surface area (Å²) in [5, 5.41) is 4.04. The van der Waals surface area contributed by atoms with Crippen LogP contribution in [-0.2, 0) is 4.84 Å². The molecule has 3 nitrogen and oxygen atoms in total. The second-order valence-electron chi connectivity index (χ2n) is 5.33. The number of oxime groups is 1. The molecule has 0 fully saturated rings. The Hall–Kier alpha value is -3.35. The fourth-order valence-corrected chi connectivity index (χ4v) is 2.34. The number of benzene rings is 3. The van der Waals surface area contributed by atoms with Crippen molar-refractivity contribution in [3.05, 3.63) is 106 Å². The summed E-state index contributed by atoms with van der Waals surface area (Å²) in [5.74, 6) is 5.59. The molecule has 0 aromatic heterocycles. The first-order valence-corrected chi connectivity index (χ1v) is 8.26. The van der Waals surface area contributed by atoms with Crippen molar-refractivity contribution in [2.45, 2.75) is 0 Å². The van der Waals surface area contributed by atoms with Crippen molar-refractivity contribution in [3.8, 4) is 11.8 Å². The lowest BCUT2D eigenvalue weighted by Gasteiger charge is -2.00. The summed E-state index contributed by atoms with van der Waals surface area (Å²) in [6.07, 6.45) is 1.46. The number of hydrogen-bond acceptors (Lipinski definition) is 3. The van der Waals surface area contributed by atoms with Crippen LogP contribution in [0.3, 0.4) is 0 Å². The quantitative estimate of drug-likeness (QED) is 0.288. The molecule has 0 aliphatic heterocycles. The number of rotatable bonds is 3. The Bertz CT molecular complexity index is 984. The molecule has 3 aromatic carbocycles. The summed E-state index contributed by atoms with van der Waals surface area (Å²) >= 11 is 5.94. The molecule has 0 atom stereocenters. The number of carbonyl (C=O) groups excluding carboxylic acids is 1. The Morgan fingerprint density at radius 1 is 0.846 bits per heavy atom. The predicted octanol–water partition coefficient (Wildman–Crippen LogP) is 4.93. The minimum atomic E-state index is -0.600. The fraction of sp³-hybridized carbons (Fsp3) is 0. The van der Waals surface area contributed by atoms with Crippen LogP contribution < -0.4 is 0 Å². The Kier molecular flexibility index (Phi) is 5.82. The smallest absolute Gasteiger partial charge is 0.313 e. The van der Waals surface area contributed by atoms with Gasteiger partial charge in [-0.25, -0.2) is 4.79 Å². The van der Waals surface area contributed by atoms with Crippen molar-refractivity contribution in [2.75, 3.05) is 0 Å². The molecule has 0 amide bonds. The van der Waals surface area contributed by atoms with Crippen LogP contribution in [0.5, 0.6) is 0 Å². The predicted molar refractivity (Wildman–Crippen MR) is 103 cm³/mol. The summed E-state index contributed by atoms with van der Waals surface area (Å²) in [6.45, 7) is 0. The maximum Gasteiger partial charge on any atom is 0.367 e. The molecular weight excluding hydrogens is 346 g/mol. The molecule has 0 saturated heterocycles. The molecule has 0 saturated carbocycles. The molecule has 0 N–H and O–H groups in total. The van der Waals surface area contributed by atoms with Crippen molar-refractivity contribution in [1.29, 1.82) is 0 Å². The van der Waals surface area contributed by atoms with Gasteiger partial charge in [0.25, 0.3) is 0 Å². The van der Waals surface area contributed by atoms with Gasteiger partial charge in [0.2, 0.25) is 0 Å². The number of nitrogens with zero attached hydrogens (tertiary/aromatic N) is 1. The van der Waals surface area contributed by atoms with Gasteiger partial charge in [-0.05, 0) is 42.0 Å². The lowest BCUT2D eigenvalue weighted by molar-refractivity contribution is 0.0519. The van der Waals surface area contributed by atoms with Gasteiger partial charge in [-0.1, -0.05) is 71.1 Å². The highest BCUT2D eigenvalue weighted by Crippen LogP contribution is 2.15. The summed E-state index contributed by atoms with van der Waals surface area (Å²) in [6, 6.07) is 23.9. The van der Waals surface area contributed by atoms with E-state index in [4.69, 9.17) is 16.4 Å². The van der Waals surface area contributed by atoms with Crippen LogP contribution >= 0.6 is 11.6 Å². The Morgan fingerprint density at radius 3 is 2.15 bits per heavy atom. The van der Waals surface area contributed by atoms with E-state index < -0.39 is 5.97 Å². The summed E-state index contributed by atoms with van der Waals surface area (Å²) < 4.78 is 0. The summed E-state index contributed by atoms with van der Waals surface area (Å²) in [4.78, 5) is 16.8. The number of carbonyl (C=O) groups is 1. The van der Waals surface area contributed by atoms with Crippen molar-refractivity contribution >= 4 is 23.8 Å². The summed E-state index contributed by atoms with van der Waals surface area (Å²) in [5.41, 5.74) is 2.92. The van der Waals surface area contributed by atoms with Crippen LogP contribution in [-0.4, -0.2) is 12.2 Å². The standard InChI is InChI=1S/C22H14ClNO2/c23-21-9-5-4-8-20(21)22(25)26-24-16-19-14-12-18(13-15-19)11-10-17-6-2-1-3-7-17/h1-9,12-16H/b24-16+. The van der Waals surface area contributed by atoms with Crippen LogP contribution in [0.25, 0.3) is 0 Å². The van der Waals surface area contributed by atoms with Gasteiger partial charge in [0.15, 0.2) is 0 Å². The highest BCUT2D eigenvalue weighted by Gasteiger charge is 2.10. The van der Waals surface area contributed by atoms with E-state index >= 15 is 0 Å². The van der Waals surface area contributed by atoms with Crippen LogP contribution in [0.2, 0.25) is 5.02 Å². The maximum absolute atomic E-state index is 11.9. The topological polar surface area (TPSA) is 38.7 Å². The second kappa shape index (κ2) is 8.66. The molecule has 3 rings (SSSR count). The van der Waals surface area contributed by atoms with Crippen molar-refractivity contribution in [2.24, 2.45) is 5.16 Å². The van der Waals surface area contributed by atoms with E-state index in [9.17, 15) is 4.79 Å². The zero-order chi connectivity index (χ0) is 18.2. The van der Waals surface area contributed by atoms with Crippen LogP contribution in [0.1, 0.15) is 27.0 Å². The molecule has 4 heteroatoms. The second-order valence-corrected chi connectivity index (χ2v) is 5.74. The molecule has 26 heavy (non-hydrogen) atoms. The van der Waals surface area contributed by atoms with Crippen molar-refractivity contribution < 1.29 is 9.63 Å². The molecule has 126 valence electrons. The molecule has 3 aromatic rings. The molecule has 0 spiro atoms. The first-order chi connectivity index (χ1) is 12.7. The van der Waals surface area contributed by atoms with E-state index in [1.807, 2.05) is 54.6 Å². The Labute approximate surface area is 156 Å². The summed E-state index contributed by atoms with van der Waals surface area (Å²) in [7, 11) is 0. The van der Waals surface area contributed by atoms with Gasteiger partial charge in [-0.15, -0.1) is 0 Å². The molecule has 0 unspecified atom stereocenters. The molecule has 0 bridgehead atoms. The molecule has 0 heterocycles. The molecule has 0 radical (unpaired) electrons. The lowest BCUT2D eigenvalue weighted by atomic mass is 10.1. The zero-order valence-electron chi connectivity index (χ0n) is 13.7. The third-order valence-corrected chi connectivity index (χ3v) is 3.80. The van der Waals surface area contributed by atoms with Gasteiger partial charge in [0.1, 0.15) is 0 Å². The first kappa shape index (κ1) is 17.5.